The molecule has 1 amide bonds. The molecule has 1 fully saturated rings. The van der Waals surface area contributed by atoms with Crippen molar-refractivity contribution in [3.63, 3.8) is 0 Å². The van der Waals surface area contributed by atoms with Crippen molar-refractivity contribution in [3.05, 3.63) is 57.6 Å². The molecule has 8 heteroatoms. The van der Waals surface area contributed by atoms with Gasteiger partial charge in [0.15, 0.2) is 12.6 Å². The highest BCUT2D eigenvalue weighted by Crippen LogP contribution is 2.27. The number of rotatable bonds is 7. The van der Waals surface area contributed by atoms with Crippen LogP contribution in [0.25, 0.3) is 0 Å². The molecule has 8 nitrogen and oxygen atoms in total. The molecule has 0 unspecified atom stereocenters. The van der Waals surface area contributed by atoms with Crippen LogP contribution < -0.4 is 0 Å². The maximum atomic E-state index is 11.5. The molecule has 0 spiro atoms. The lowest BCUT2D eigenvalue weighted by Crippen LogP contribution is -2.35. The van der Waals surface area contributed by atoms with Crippen LogP contribution in [0.1, 0.15) is 43.0 Å². The number of carbonyl (C=O) groups is 3. The highest BCUT2D eigenvalue weighted by atomic mass is 16.3. The number of nitrogens with zero attached hydrogens (tertiary/aromatic N) is 3. The Morgan fingerprint density at radius 2 is 1.09 bits per heavy atom. The Labute approximate surface area is 194 Å². The molecule has 176 valence electrons. The lowest BCUT2D eigenvalue weighted by molar-refractivity contribution is -0.118. The number of hydrogen-bond donors (Lipinski definition) is 2. The van der Waals surface area contributed by atoms with E-state index in [1.54, 1.807) is 18.7 Å². The first-order valence-corrected chi connectivity index (χ1v) is 11.0. The summed E-state index contributed by atoms with van der Waals surface area (Å²) in [6.07, 6.45) is 2.18. The molecule has 0 aromatic heterocycles. The zero-order valence-electron chi connectivity index (χ0n) is 19.2. The Morgan fingerprint density at radius 3 is 1.45 bits per heavy atom. The number of aldehydes is 2. The monoisotopic (exact) mass is 453 g/mol. The minimum atomic E-state index is -0.0000541. The summed E-state index contributed by atoms with van der Waals surface area (Å²) in [7, 11) is 0. The van der Waals surface area contributed by atoms with E-state index in [4.69, 9.17) is 0 Å². The van der Waals surface area contributed by atoms with Crippen LogP contribution in [-0.4, -0.2) is 83.2 Å². The third-order valence-corrected chi connectivity index (χ3v) is 6.35. The molecule has 3 rings (SSSR count). The standard InChI is InChI=1S/C25H31N3O5/c1-18-3-5-20(24(32)22(18)15-29)13-26-7-8-27(10-12-28(17-31)11-9-26)14-21-6-4-19(2)23(16-30)25(21)33/h3-6,15-17,32-33H,7-14H2,1-2H3. The van der Waals surface area contributed by atoms with Crippen molar-refractivity contribution in [1.29, 1.82) is 0 Å². The normalized spacial score (nSPS) is 16.0. The molecule has 2 aromatic carbocycles. The lowest BCUT2D eigenvalue weighted by Gasteiger charge is -2.26. The van der Waals surface area contributed by atoms with Crippen molar-refractivity contribution in [1.82, 2.24) is 14.7 Å². The van der Waals surface area contributed by atoms with Gasteiger partial charge in [0.05, 0.1) is 11.1 Å². The Kier molecular flexibility index (Phi) is 8.19. The van der Waals surface area contributed by atoms with Gasteiger partial charge in [-0.05, 0) is 25.0 Å². The number of hydrogen-bond acceptors (Lipinski definition) is 7. The zero-order chi connectivity index (χ0) is 24.0. The average Bonchev–Trinajstić information content (AvgIpc) is 2.89. The quantitative estimate of drug-likeness (QED) is 0.619. The predicted molar refractivity (Wildman–Crippen MR) is 125 cm³/mol. The van der Waals surface area contributed by atoms with Gasteiger partial charge in [-0.15, -0.1) is 0 Å². The van der Waals surface area contributed by atoms with Gasteiger partial charge in [0.2, 0.25) is 6.41 Å². The Hall–Kier alpha value is -3.23. The highest BCUT2D eigenvalue weighted by Gasteiger charge is 2.20. The Bertz CT molecular complexity index is 946. The number of amides is 1. The molecule has 0 saturated carbocycles. The summed E-state index contributed by atoms with van der Waals surface area (Å²) in [6, 6.07) is 7.30. The van der Waals surface area contributed by atoms with Gasteiger partial charge in [-0.25, -0.2) is 0 Å². The summed E-state index contributed by atoms with van der Waals surface area (Å²) in [5.74, 6) is -0.000108. The van der Waals surface area contributed by atoms with E-state index in [0.29, 0.717) is 87.2 Å². The molecule has 0 aliphatic carbocycles. The van der Waals surface area contributed by atoms with E-state index >= 15 is 0 Å². The van der Waals surface area contributed by atoms with E-state index < -0.39 is 0 Å². The predicted octanol–water partition coefficient (Wildman–Crippen LogP) is 2.12. The Morgan fingerprint density at radius 1 is 0.697 bits per heavy atom. The summed E-state index contributed by atoms with van der Waals surface area (Å²) in [4.78, 5) is 40.3. The van der Waals surface area contributed by atoms with Gasteiger partial charge in [0.25, 0.3) is 0 Å². The molecule has 1 heterocycles. The number of phenols is 2. The summed E-state index contributed by atoms with van der Waals surface area (Å²) in [5, 5.41) is 21.1. The molecule has 0 radical (unpaired) electrons. The fourth-order valence-corrected chi connectivity index (χ4v) is 4.12. The number of aromatic hydroxyl groups is 2. The minimum Gasteiger partial charge on any atom is -0.507 e. The van der Waals surface area contributed by atoms with E-state index in [0.717, 1.165) is 17.5 Å². The molecule has 0 bridgehead atoms. The van der Waals surface area contributed by atoms with Crippen molar-refractivity contribution in [2.24, 2.45) is 0 Å². The van der Waals surface area contributed by atoms with E-state index in [1.807, 2.05) is 24.3 Å². The van der Waals surface area contributed by atoms with Crippen LogP contribution in [0, 0.1) is 13.8 Å². The Balaban J connectivity index is 1.79. The van der Waals surface area contributed by atoms with E-state index in [2.05, 4.69) is 9.80 Å². The van der Waals surface area contributed by atoms with Crippen LogP contribution in [0.15, 0.2) is 24.3 Å². The lowest BCUT2D eigenvalue weighted by atomic mass is 10.0. The van der Waals surface area contributed by atoms with Crippen LogP contribution in [-0.2, 0) is 17.9 Å². The second kappa shape index (κ2) is 11.1. The topological polar surface area (TPSA) is 101 Å². The summed E-state index contributed by atoms with van der Waals surface area (Å²) < 4.78 is 0. The molecule has 1 saturated heterocycles. The fourth-order valence-electron chi connectivity index (χ4n) is 4.12. The number of benzene rings is 2. The van der Waals surface area contributed by atoms with Crippen molar-refractivity contribution in [2.45, 2.75) is 26.9 Å². The average molecular weight is 454 g/mol. The van der Waals surface area contributed by atoms with E-state index in [9.17, 15) is 24.6 Å². The van der Waals surface area contributed by atoms with Gasteiger partial charge in [-0.3, -0.25) is 24.2 Å². The van der Waals surface area contributed by atoms with Crippen LogP contribution >= 0.6 is 0 Å². The fraction of sp³-hybridized carbons (Fsp3) is 0.400. The molecule has 2 N–H and O–H groups in total. The van der Waals surface area contributed by atoms with Crippen LogP contribution in [0.5, 0.6) is 11.5 Å². The summed E-state index contributed by atoms with van der Waals surface area (Å²) in [6.45, 7) is 8.14. The number of phenolic OH excluding ortho intramolecular Hbond substituents is 2. The second-order valence-corrected chi connectivity index (χ2v) is 8.54. The highest BCUT2D eigenvalue weighted by molar-refractivity contribution is 5.82. The van der Waals surface area contributed by atoms with Crippen molar-refractivity contribution >= 4 is 19.0 Å². The molecular weight excluding hydrogens is 422 g/mol. The van der Waals surface area contributed by atoms with Crippen molar-refractivity contribution in [3.8, 4) is 11.5 Å². The number of aryl methyl sites for hydroxylation is 2. The van der Waals surface area contributed by atoms with Gasteiger partial charge >= 0.3 is 0 Å². The first kappa shape index (κ1) is 24.4. The molecule has 2 aromatic rings. The molecule has 1 aliphatic rings. The second-order valence-electron chi connectivity index (χ2n) is 8.54. The SMILES string of the molecule is Cc1ccc(CN2CCN(C=O)CCN(Cc3ccc(C)c(C=O)c3O)CC2)c(O)c1C=O. The van der Waals surface area contributed by atoms with Crippen LogP contribution in [0.3, 0.4) is 0 Å². The smallest absolute Gasteiger partial charge is 0.209 e. The minimum absolute atomic E-state index is 0.0000541. The number of carbonyl (C=O) groups excluding carboxylic acids is 3. The van der Waals surface area contributed by atoms with Crippen LogP contribution in [0.4, 0.5) is 0 Å². The van der Waals surface area contributed by atoms with Gasteiger partial charge < -0.3 is 15.1 Å². The van der Waals surface area contributed by atoms with E-state index in [1.165, 1.54) is 0 Å². The largest absolute Gasteiger partial charge is 0.507 e. The van der Waals surface area contributed by atoms with Gasteiger partial charge in [0, 0.05) is 63.5 Å². The zero-order valence-corrected chi connectivity index (χ0v) is 19.2. The van der Waals surface area contributed by atoms with Crippen molar-refractivity contribution < 1.29 is 24.6 Å². The van der Waals surface area contributed by atoms with Gasteiger partial charge in [-0.1, -0.05) is 24.3 Å². The molecule has 33 heavy (non-hydrogen) atoms. The van der Waals surface area contributed by atoms with Gasteiger partial charge in [0.1, 0.15) is 11.5 Å². The maximum absolute atomic E-state index is 11.5. The third kappa shape index (κ3) is 5.77. The first-order valence-electron chi connectivity index (χ1n) is 11.0. The van der Waals surface area contributed by atoms with E-state index in [-0.39, 0.29) is 11.5 Å². The van der Waals surface area contributed by atoms with Crippen molar-refractivity contribution in [2.75, 3.05) is 39.3 Å². The van der Waals surface area contributed by atoms with Gasteiger partial charge in [-0.2, -0.15) is 0 Å². The summed E-state index contributed by atoms with van der Waals surface area (Å²) in [5.41, 5.74) is 3.38. The third-order valence-electron chi connectivity index (χ3n) is 6.35. The molecule has 0 atom stereocenters. The summed E-state index contributed by atoms with van der Waals surface area (Å²) >= 11 is 0. The van der Waals surface area contributed by atoms with Crippen LogP contribution in [0.2, 0.25) is 0 Å². The molecular formula is C25H31N3O5. The first-order chi connectivity index (χ1) is 15.9. The molecule has 1 aliphatic heterocycles. The maximum Gasteiger partial charge on any atom is 0.209 e.